The van der Waals surface area contributed by atoms with Crippen LogP contribution in [-0.4, -0.2) is 60.6 Å². The van der Waals surface area contributed by atoms with Gasteiger partial charge in [-0.2, -0.15) is 0 Å². The van der Waals surface area contributed by atoms with Gasteiger partial charge in [0.25, 0.3) is 0 Å². The summed E-state index contributed by atoms with van der Waals surface area (Å²) < 4.78 is 6.79. The molecule has 3 aromatic rings. The minimum Gasteiger partial charge on any atom is -0.425 e. The summed E-state index contributed by atoms with van der Waals surface area (Å²) >= 11 is 0. The monoisotopic (exact) mass is 343 g/mol. The van der Waals surface area contributed by atoms with E-state index in [4.69, 9.17) is 4.74 Å². The fourth-order valence-electron chi connectivity index (χ4n) is 2.25. The Bertz CT molecular complexity index is 843. The third-order valence-electron chi connectivity index (χ3n) is 3.44. The van der Waals surface area contributed by atoms with Crippen molar-refractivity contribution in [2.45, 2.75) is 19.4 Å². The molecule has 0 aliphatic carbocycles. The van der Waals surface area contributed by atoms with E-state index < -0.39 is 12.0 Å². The van der Waals surface area contributed by atoms with Crippen LogP contribution in [0.1, 0.15) is 19.4 Å². The third-order valence-corrected chi connectivity index (χ3v) is 3.44. The van der Waals surface area contributed by atoms with Gasteiger partial charge in [0, 0.05) is 14.1 Å². The molecule has 0 saturated heterocycles. The van der Waals surface area contributed by atoms with Crippen molar-refractivity contribution in [3.05, 3.63) is 30.3 Å². The molecule has 1 aromatic carbocycles. The number of para-hydroxylation sites is 1. The maximum absolute atomic E-state index is 12.6. The molecular formula is C14H17N9O2. The summed E-state index contributed by atoms with van der Waals surface area (Å²) in [6.45, 7) is 1.84. The van der Waals surface area contributed by atoms with Gasteiger partial charge in [0.1, 0.15) is 5.75 Å². The van der Waals surface area contributed by atoms with Crippen LogP contribution in [0.3, 0.4) is 0 Å². The first-order valence-corrected chi connectivity index (χ1v) is 7.62. The van der Waals surface area contributed by atoms with Crippen LogP contribution in [0, 0.1) is 0 Å². The van der Waals surface area contributed by atoms with E-state index >= 15 is 0 Å². The van der Waals surface area contributed by atoms with E-state index in [1.165, 1.54) is 9.47 Å². The zero-order chi connectivity index (χ0) is 17.8. The molecule has 2 heterocycles. The summed E-state index contributed by atoms with van der Waals surface area (Å²) in [4.78, 5) is 14.0. The van der Waals surface area contributed by atoms with Gasteiger partial charge in [0.2, 0.25) is 11.6 Å². The van der Waals surface area contributed by atoms with E-state index in [0.717, 1.165) is 0 Å². The number of benzene rings is 1. The highest BCUT2D eigenvalue weighted by atomic mass is 16.5. The van der Waals surface area contributed by atoms with Crippen molar-refractivity contribution in [3.63, 3.8) is 0 Å². The van der Waals surface area contributed by atoms with E-state index in [9.17, 15) is 4.79 Å². The van der Waals surface area contributed by atoms with Gasteiger partial charge in [-0.15, -0.1) is 15.0 Å². The van der Waals surface area contributed by atoms with Crippen LogP contribution in [0.4, 0.5) is 0 Å². The van der Waals surface area contributed by atoms with Gasteiger partial charge in [-0.25, -0.2) is 9.48 Å². The largest absolute Gasteiger partial charge is 0.425 e. The van der Waals surface area contributed by atoms with Crippen LogP contribution >= 0.6 is 0 Å². The van der Waals surface area contributed by atoms with Crippen molar-refractivity contribution >= 4 is 5.97 Å². The number of ether oxygens (including phenoxy) is 1. The first-order valence-electron chi connectivity index (χ1n) is 7.62. The lowest BCUT2D eigenvalue weighted by atomic mass is 10.2. The second-order valence-corrected chi connectivity index (χ2v) is 5.34. The maximum Gasteiger partial charge on any atom is 0.336 e. The molecule has 11 nitrogen and oxygen atoms in total. The maximum atomic E-state index is 12.6. The molecule has 0 amide bonds. The molecule has 0 fully saturated rings. The second kappa shape index (κ2) is 7.03. The molecule has 0 aliphatic heterocycles. The number of carbonyl (C=O) groups is 1. The molecule has 0 N–H and O–H groups in total. The molecule has 0 spiro atoms. The molecule has 0 saturated carbocycles. The Balaban J connectivity index is 1.91. The molecule has 0 aliphatic rings. The first-order chi connectivity index (χ1) is 12.1. The topological polar surface area (TPSA) is 117 Å². The predicted molar refractivity (Wildman–Crippen MR) is 86.1 cm³/mol. The molecule has 25 heavy (non-hydrogen) atoms. The first kappa shape index (κ1) is 16.5. The van der Waals surface area contributed by atoms with Gasteiger partial charge >= 0.3 is 5.97 Å². The van der Waals surface area contributed by atoms with Crippen LogP contribution in [0.15, 0.2) is 30.3 Å². The van der Waals surface area contributed by atoms with Crippen molar-refractivity contribution in [2.75, 3.05) is 19.1 Å². The number of tetrazole rings is 2. The molecule has 130 valence electrons. The lowest BCUT2D eigenvalue weighted by Crippen LogP contribution is -2.29. The van der Waals surface area contributed by atoms with Gasteiger partial charge in [-0.1, -0.05) is 25.1 Å². The van der Waals surface area contributed by atoms with Crippen molar-refractivity contribution in [1.82, 2.24) is 40.5 Å². The third kappa shape index (κ3) is 3.29. The summed E-state index contributed by atoms with van der Waals surface area (Å²) in [6.07, 6.45) is 0.438. The Morgan fingerprint density at radius 1 is 1.12 bits per heavy atom. The van der Waals surface area contributed by atoms with Gasteiger partial charge in [0.15, 0.2) is 6.04 Å². The summed E-state index contributed by atoms with van der Waals surface area (Å²) in [5, 5.41) is 24.7. The minimum absolute atomic E-state index is 0.274. The predicted octanol–water partition coefficient (Wildman–Crippen LogP) is 0.0809. The van der Waals surface area contributed by atoms with E-state index in [-0.39, 0.29) is 5.82 Å². The fourth-order valence-corrected chi connectivity index (χ4v) is 2.25. The number of aromatic nitrogens is 8. The standard InChI is InChI=1S/C14H17N9O2/c1-4-11(14(24)25-10-8-6-5-7-9-10)22-12(15-17-19-22)13-16-18-20-23(13)21(2)3/h5-9,11H,4H2,1-3H3. The number of nitrogens with zero attached hydrogens (tertiary/aromatic N) is 9. The van der Waals surface area contributed by atoms with E-state index in [1.54, 1.807) is 43.4 Å². The normalized spacial score (nSPS) is 12.0. The summed E-state index contributed by atoms with van der Waals surface area (Å²) in [6, 6.07) is 8.12. The smallest absolute Gasteiger partial charge is 0.336 e. The number of carbonyl (C=O) groups excluding carboxylic acids is 1. The van der Waals surface area contributed by atoms with Crippen LogP contribution in [0.2, 0.25) is 0 Å². The lowest BCUT2D eigenvalue weighted by Gasteiger charge is -2.16. The van der Waals surface area contributed by atoms with E-state index in [1.807, 2.05) is 13.0 Å². The molecule has 2 aromatic heterocycles. The molecular weight excluding hydrogens is 326 g/mol. The SMILES string of the molecule is CCC(C(=O)Oc1ccccc1)n1nnnc1-c1nnnn1N(C)C. The van der Waals surface area contributed by atoms with Gasteiger partial charge in [0.05, 0.1) is 0 Å². The highest BCUT2D eigenvalue weighted by Gasteiger charge is 2.28. The zero-order valence-corrected chi connectivity index (χ0v) is 14.0. The quantitative estimate of drug-likeness (QED) is 0.453. The Labute approximate surface area is 143 Å². The number of hydrogen-bond donors (Lipinski definition) is 0. The molecule has 3 rings (SSSR count). The van der Waals surface area contributed by atoms with Crippen LogP contribution < -0.4 is 9.75 Å². The minimum atomic E-state index is -0.711. The summed E-state index contributed by atoms with van der Waals surface area (Å²) in [7, 11) is 3.55. The van der Waals surface area contributed by atoms with Crippen LogP contribution in [0.5, 0.6) is 5.75 Å². The Morgan fingerprint density at radius 2 is 1.80 bits per heavy atom. The second-order valence-electron chi connectivity index (χ2n) is 5.34. The molecule has 0 bridgehead atoms. The van der Waals surface area contributed by atoms with Crippen molar-refractivity contribution in [1.29, 1.82) is 0 Å². The number of esters is 1. The Kier molecular flexibility index (Phi) is 4.64. The summed E-state index contributed by atoms with van der Waals surface area (Å²) in [5.41, 5.74) is 0. The molecule has 1 unspecified atom stereocenters. The van der Waals surface area contributed by atoms with Crippen LogP contribution in [0.25, 0.3) is 11.6 Å². The van der Waals surface area contributed by atoms with Gasteiger partial charge in [-0.3, -0.25) is 5.01 Å². The van der Waals surface area contributed by atoms with E-state index in [2.05, 4.69) is 31.1 Å². The van der Waals surface area contributed by atoms with Crippen LogP contribution in [-0.2, 0) is 4.79 Å². The van der Waals surface area contributed by atoms with Crippen molar-refractivity contribution < 1.29 is 9.53 Å². The average Bonchev–Trinajstić information content (AvgIpc) is 3.25. The lowest BCUT2D eigenvalue weighted by molar-refractivity contribution is -0.138. The fraction of sp³-hybridized carbons (Fsp3) is 0.357. The van der Waals surface area contributed by atoms with Gasteiger partial charge in [-0.05, 0) is 39.4 Å². The molecule has 11 heteroatoms. The Morgan fingerprint density at radius 3 is 2.48 bits per heavy atom. The molecule has 1 atom stereocenters. The molecule has 0 radical (unpaired) electrons. The highest BCUT2D eigenvalue weighted by Crippen LogP contribution is 2.21. The Hall–Kier alpha value is -3.37. The van der Waals surface area contributed by atoms with E-state index in [0.29, 0.717) is 18.0 Å². The highest BCUT2D eigenvalue weighted by molar-refractivity contribution is 5.77. The van der Waals surface area contributed by atoms with Crippen molar-refractivity contribution in [3.8, 4) is 17.4 Å². The van der Waals surface area contributed by atoms with Crippen molar-refractivity contribution in [2.24, 2.45) is 0 Å². The average molecular weight is 343 g/mol. The zero-order valence-electron chi connectivity index (χ0n) is 14.0. The number of hydrogen-bond acceptors (Lipinski definition) is 9. The number of rotatable bonds is 6. The summed E-state index contributed by atoms with van der Waals surface area (Å²) in [5.74, 6) is 0.585. The van der Waals surface area contributed by atoms with Gasteiger partial charge < -0.3 is 4.74 Å².